The predicted octanol–water partition coefficient (Wildman–Crippen LogP) is 9.69. The number of likely N-dealkylation sites (N-methyl/N-ethyl adjacent to an activating group) is 1. The van der Waals surface area contributed by atoms with Crippen LogP contribution >= 0.6 is 11.3 Å². The molecule has 69 heavy (non-hydrogen) atoms. The number of carboxylic acid groups (broad SMARTS) is 1. The van der Waals surface area contributed by atoms with Gasteiger partial charge in [0.15, 0.2) is 6.20 Å². The van der Waals surface area contributed by atoms with Crippen molar-refractivity contribution in [2.24, 2.45) is 5.16 Å². The Bertz CT molecular complexity index is 2450. The lowest BCUT2D eigenvalue weighted by Gasteiger charge is -2.19. The van der Waals surface area contributed by atoms with Crippen molar-refractivity contribution in [3.63, 3.8) is 0 Å². The minimum atomic E-state index is -5.08. The SMILES string of the molecule is C=CO/N=C/CN(C)C=O.CCC.CN1CC(c2cc(F)ccc2F)=CC1c1cccc(O)c1.CNCc1[nH+]ccs1.O=C(O)C(F)(F)F.Oc1cccc(C2C=C(c3cc(F)ccc3F)CN2)c1. The minimum Gasteiger partial charge on any atom is -0.508 e. The van der Waals surface area contributed by atoms with Crippen LogP contribution in [0.25, 0.3) is 11.1 Å². The molecule has 372 valence electrons. The Hall–Kier alpha value is -6.87. The first-order chi connectivity index (χ1) is 32.8. The van der Waals surface area contributed by atoms with Gasteiger partial charge in [-0.3, -0.25) is 9.69 Å². The zero-order valence-corrected chi connectivity index (χ0v) is 39.3. The van der Waals surface area contributed by atoms with Crippen LogP contribution in [0.5, 0.6) is 11.5 Å². The molecule has 6 N–H and O–H groups in total. The van der Waals surface area contributed by atoms with E-state index in [4.69, 9.17) is 9.90 Å². The molecular weight excluding hydrogens is 934 g/mol. The van der Waals surface area contributed by atoms with Gasteiger partial charge in [0.05, 0.1) is 36.8 Å². The van der Waals surface area contributed by atoms with E-state index in [1.807, 2.05) is 54.9 Å². The maximum absolute atomic E-state index is 13.9. The topological polar surface area (TPSA) is 161 Å². The number of carbonyl (C=O) groups excluding carboxylic acids is 1. The lowest BCUT2D eigenvalue weighted by atomic mass is 10.0. The fourth-order valence-corrected chi connectivity index (χ4v) is 6.60. The van der Waals surface area contributed by atoms with Gasteiger partial charge < -0.3 is 35.7 Å². The summed E-state index contributed by atoms with van der Waals surface area (Å²) in [6.45, 7) is 9.90. The van der Waals surface area contributed by atoms with Gasteiger partial charge in [0.1, 0.15) is 41.0 Å². The van der Waals surface area contributed by atoms with Gasteiger partial charge in [-0.25, -0.2) is 27.3 Å². The minimum absolute atomic E-state index is 0.0604. The summed E-state index contributed by atoms with van der Waals surface area (Å²) in [5, 5.41) is 39.2. The molecule has 2 aliphatic rings. The van der Waals surface area contributed by atoms with Crippen molar-refractivity contribution in [1.29, 1.82) is 0 Å². The highest BCUT2D eigenvalue weighted by Gasteiger charge is 2.38. The Balaban J connectivity index is 0.000000312. The zero-order valence-electron chi connectivity index (χ0n) is 38.5. The molecule has 0 bridgehead atoms. The van der Waals surface area contributed by atoms with Crippen LogP contribution < -0.4 is 15.6 Å². The third-order valence-electron chi connectivity index (χ3n) is 8.99. The number of H-pyrrole nitrogens is 1. The van der Waals surface area contributed by atoms with E-state index < -0.39 is 35.4 Å². The fraction of sp³-hybridized carbons (Fsp3) is 0.265. The second kappa shape index (κ2) is 30.5. The number of amides is 1. The number of benzene rings is 4. The monoisotopic (exact) mass is 989 g/mol. The first kappa shape index (κ1) is 58.3. The highest BCUT2D eigenvalue weighted by Crippen LogP contribution is 2.35. The summed E-state index contributed by atoms with van der Waals surface area (Å²) in [5.41, 5.74) is 3.85. The number of aromatic nitrogens is 1. The maximum atomic E-state index is 13.9. The zero-order chi connectivity index (χ0) is 51.5. The van der Waals surface area contributed by atoms with Crippen molar-refractivity contribution in [3.05, 3.63) is 172 Å². The van der Waals surface area contributed by atoms with E-state index in [1.165, 1.54) is 40.9 Å². The van der Waals surface area contributed by atoms with E-state index in [0.717, 1.165) is 53.1 Å². The molecule has 3 heterocycles. The molecule has 0 aliphatic carbocycles. The number of oxime groups is 1. The second-order valence-electron chi connectivity index (χ2n) is 14.7. The number of aromatic hydroxyl groups is 2. The quantitative estimate of drug-likeness (QED) is 0.0285. The number of nitrogens with one attached hydrogen (secondary N) is 3. The van der Waals surface area contributed by atoms with Crippen molar-refractivity contribution in [3.8, 4) is 11.5 Å². The average molecular weight is 990 g/mol. The number of carbonyl (C=O) groups is 2. The molecule has 0 radical (unpaired) electrons. The summed E-state index contributed by atoms with van der Waals surface area (Å²) in [6.07, 6.45) is 5.25. The lowest BCUT2D eigenvalue weighted by Crippen LogP contribution is -2.21. The summed E-state index contributed by atoms with van der Waals surface area (Å²) >= 11 is 1.73. The Kier molecular flexibility index (Phi) is 25.7. The Morgan fingerprint density at radius 1 is 0.942 bits per heavy atom. The van der Waals surface area contributed by atoms with E-state index in [-0.39, 0.29) is 29.1 Å². The Morgan fingerprint density at radius 2 is 1.49 bits per heavy atom. The number of thiazole rings is 1. The van der Waals surface area contributed by atoms with Crippen molar-refractivity contribution < 1.29 is 65.5 Å². The van der Waals surface area contributed by atoms with E-state index in [1.54, 1.807) is 54.8 Å². The van der Waals surface area contributed by atoms with Gasteiger partial charge in [0.2, 0.25) is 11.4 Å². The van der Waals surface area contributed by atoms with Crippen LogP contribution in [0.4, 0.5) is 30.7 Å². The predicted molar refractivity (Wildman–Crippen MR) is 253 cm³/mol. The van der Waals surface area contributed by atoms with Gasteiger partial charge in [-0.1, -0.05) is 79.8 Å². The number of phenols is 2. The summed E-state index contributed by atoms with van der Waals surface area (Å²) in [6, 6.07) is 20.6. The number of hydrogen-bond acceptors (Lipinski definition) is 10. The number of halogens is 7. The molecule has 0 fully saturated rings. The number of hydrogen-bond donors (Lipinski definition) is 5. The van der Waals surface area contributed by atoms with Crippen LogP contribution in [0.15, 0.2) is 127 Å². The van der Waals surface area contributed by atoms with Gasteiger partial charge in [-0.05, 0) is 97.0 Å². The maximum Gasteiger partial charge on any atom is 0.490 e. The molecule has 2 unspecified atom stereocenters. The molecule has 1 aromatic heterocycles. The van der Waals surface area contributed by atoms with Crippen LogP contribution in [0.2, 0.25) is 0 Å². The Labute approximate surface area is 400 Å². The summed E-state index contributed by atoms with van der Waals surface area (Å²) < 4.78 is 85.9. The largest absolute Gasteiger partial charge is 0.508 e. The number of rotatable bonds is 11. The van der Waals surface area contributed by atoms with Gasteiger partial charge >= 0.3 is 12.1 Å². The molecule has 4 aromatic carbocycles. The molecule has 0 spiro atoms. The van der Waals surface area contributed by atoms with Crippen LogP contribution in [-0.4, -0.2) is 90.7 Å². The molecule has 1 amide bonds. The van der Waals surface area contributed by atoms with Crippen LogP contribution in [0.3, 0.4) is 0 Å². The van der Waals surface area contributed by atoms with Crippen molar-refractivity contribution in [1.82, 2.24) is 20.4 Å². The molecule has 20 heteroatoms. The molecular formula is C49H56F7N6O6S+. The van der Waals surface area contributed by atoms with E-state index >= 15 is 0 Å². The van der Waals surface area contributed by atoms with Gasteiger partial charge in [-0.2, -0.15) is 13.2 Å². The first-order valence-corrected chi connectivity index (χ1v) is 21.8. The highest BCUT2D eigenvalue weighted by molar-refractivity contribution is 7.09. The van der Waals surface area contributed by atoms with E-state index in [2.05, 4.69) is 46.0 Å². The van der Waals surface area contributed by atoms with Crippen LogP contribution in [0.1, 0.15) is 59.6 Å². The number of alkyl halides is 3. The Morgan fingerprint density at radius 3 is 1.99 bits per heavy atom. The summed E-state index contributed by atoms with van der Waals surface area (Å²) in [5.74, 6) is -4.14. The van der Waals surface area contributed by atoms with E-state index in [0.29, 0.717) is 31.6 Å². The number of aromatic amines is 1. The molecule has 5 aromatic rings. The first-order valence-electron chi connectivity index (χ1n) is 20.9. The molecule has 0 saturated carbocycles. The second-order valence-corrected chi connectivity index (χ2v) is 15.7. The molecule has 2 atom stereocenters. The molecule has 7 rings (SSSR count). The van der Waals surface area contributed by atoms with E-state index in [9.17, 15) is 45.7 Å². The lowest BCUT2D eigenvalue weighted by molar-refractivity contribution is -0.382. The number of aliphatic carboxylic acids is 1. The molecule has 0 saturated heterocycles. The molecule has 12 nitrogen and oxygen atoms in total. The molecule has 2 aliphatic heterocycles. The average Bonchev–Trinajstić information content (AvgIpc) is 4.10. The van der Waals surface area contributed by atoms with Gasteiger partial charge in [0, 0.05) is 31.3 Å². The van der Waals surface area contributed by atoms with Crippen molar-refractivity contribution >= 4 is 41.1 Å². The van der Waals surface area contributed by atoms with Crippen molar-refractivity contribution in [2.45, 2.75) is 45.1 Å². The summed E-state index contributed by atoms with van der Waals surface area (Å²) in [4.78, 5) is 29.8. The van der Waals surface area contributed by atoms with Gasteiger partial charge in [-0.15, -0.1) is 0 Å². The standard InChI is InChI=1S/C17H15F2NO.C16H13F2NO.C6H10N2O2.C5H8N2S.C3H8.C2HF3O2/c1-20-10-12(15-9-13(18)5-6-16(15)19)8-17(20)11-3-2-4-14(21)7-11;17-12-4-5-15(18)14(8-12)11-7-16(19-9-11)10-2-1-3-13(20)6-10;1-3-10-7-4-5-8(2)6-9;1-6-4-5-7-2-3-8-5;1-3-2;3-2(4,5)1(6)7/h2-9,17,21H,10H2,1H3;1-8,16,19-20H,9H2;3-4,6H,1,5H2,2H3;2-3,6H,4H2,1H3;3H2,1-2H3;(H,6,7)/p+1/b;;7-4+;;;. The van der Waals surface area contributed by atoms with Gasteiger partial charge in [0.25, 0.3) is 0 Å². The fourth-order valence-electron chi connectivity index (χ4n) is 5.94. The number of phenolic OH excluding ortho intramolecular Hbond substituents is 2. The highest BCUT2D eigenvalue weighted by atomic mass is 32.1. The summed E-state index contributed by atoms with van der Waals surface area (Å²) in [7, 11) is 5.50. The van der Waals surface area contributed by atoms with Crippen molar-refractivity contribution in [2.75, 3.05) is 40.8 Å². The normalized spacial score (nSPS) is 14.8. The third kappa shape index (κ3) is 21.3. The van der Waals surface area contributed by atoms with Crippen LogP contribution in [-0.2, 0) is 21.0 Å². The van der Waals surface area contributed by atoms with Crippen LogP contribution in [0, 0.1) is 23.3 Å². The third-order valence-corrected chi connectivity index (χ3v) is 9.80. The number of carboxylic acids is 1. The number of nitrogens with zero attached hydrogens (tertiary/aromatic N) is 3. The smallest absolute Gasteiger partial charge is 0.490 e.